The van der Waals surface area contributed by atoms with E-state index >= 15 is 0 Å². The number of nitrogens with zero attached hydrogens (tertiary/aromatic N) is 2. The third kappa shape index (κ3) is 5.92. The number of hydrogen-bond donors (Lipinski definition) is 3. The molecule has 0 aliphatic heterocycles. The van der Waals surface area contributed by atoms with Gasteiger partial charge in [0.2, 0.25) is 21.1 Å². The van der Waals surface area contributed by atoms with Crippen LogP contribution in [-0.2, 0) is 14.8 Å². The number of rotatable bonds is 8. The van der Waals surface area contributed by atoms with E-state index in [0.29, 0.717) is 15.2 Å². The number of thioether (sulfide) groups is 1. The number of primary sulfonamides is 1. The van der Waals surface area contributed by atoms with E-state index in [1.807, 2.05) is 24.3 Å². The van der Waals surface area contributed by atoms with Crippen molar-refractivity contribution in [1.82, 2.24) is 10.2 Å². The molecule has 3 aromatic rings. The molecule has 0 spiro atoms. The Kier molecular flexibility index (Phi) is 6.92. The van der Waals surface area contributed by atoms with Crippen molar-refractivity contribution < 1.29 is 17.9 Å². The van der Waals surface area contributed by atoms with Crippen LogP contribution in [0, 0.1) is 0 Å². The van der Waals surface area contributed by atoms with Crippen LogP contribution >= 0.6 is 23.1 Å². The largest absolute Gasteiger partial charge is 0.497 e. The van der Waals surface area contributed by atoms with Crippen molar-refractivity contribution in [2.45, 2.75) is 21.4 Å². The summed E-state index contributed by atoms with van der Waals surface area (Å²) in [5.74, 6) is 0.474. The van der Waals surface area contributed by atoms with E-state index in [-0.39, 0.29) is 10.8 Å². The van der Waals surface area contributed by atoms with Crippen LogP contribution in [0.3, 0.4) is 0 Å². The first-order valence-corrected chi connectivity index (χ1v) is 11.8. The fourth-order valence-electron chi connectivity index (χ4n) is 2.31. The molecule has 12 heteroatoms. The zero-order valence-corrected chi connectivity index (χ0v) is 18.5. The SMILES string of the molecule is COc1cccc(Nc2nnc(S[C@@H](C)C(=O)Nc3ccc(S(N)(=O)=O)cc3)s2)c1. The van der Waals surface area contributed by atoms with Crippen LogP contribution in [0.1, 0.15) is 6.92 Å². The number of carbonyl (C=O) groups excluding carboxylic acids is 1. The fraction of sp³-hybridized carbons (Fsp3) is 0.167. The molecule has 2 aromatic carbocycles. The Balaban J connectivity index is 1.57. The highest BCUT2D eigenvalue weighted by atomic mass is 32.2. The van der Waals surface area contributed by atoms with Crippen LogP contribution in [0.5, 0.6) is 5.75 Å². The zero-order valence-electron chi connectivity index (χ0n) is 16.0. The number of methoxy groups -OCH3 is 1. The minimum absolute atomic E-state index is 0.0205. The Hall–Kier alpha value is -2.67. The second kappa shape index (κ2) is 9.43. The van der Waals surface area contributed by atoms with E-state index in [4.69, 9.17) is 9.88 Å². The number of ether oxygens (including phenoxy) is 1. The van der Waals surface area contributed by atoms with E-state index in [1.54, 1.807) is 14.0 Å². The monoisotopic (exact) mass is 465 g/mol. The molecule has 0 bridgehead atoms. The molecular formula is C18H19N5O4S3. The molecule has 158 valence electrons. The van der Waals surface area contributed by atoms with Gasteiger partial charge in [0.1, 0.15) is 5.75 Å². The second-order valence-electron chi connectivity index (χ2n) is 6.05. The summed E-state index contributed by atoms with van der Waals surface area (Å²) < 4.78 is 28.4. The Bertz CT molecular complexity index is 1130. The maximum atomic E-state index is 12.4. The third-order valence-corrected chi connectivity index (χ3v) is 6.78. The van der Waals surface area contributed by atoms with E-state index in [1.165, 1.54) is 47.4 Å². The smallest absolute Gasteiger partial charge is 0.238 e. The van der Waals surface area contributed by atoms with Gasteiger partial charge in [-0.25, -0.2) is 13.6 Å². The van der Waals surface area contributed by atoms with Crippen molar-refractivity contribution in [1.29, 1.82) is 0 Å². The van der Waals surface area contributed by atoms with Crippen LogP contribution in [0.15, 0.2) is 57.8 Å². The molecule has 0 aliphatic carbocycles. The molecule has 0 saturated heterocycles. The molecule has 1 aromatic heterocycles. The van der Waals surface area contributed by atoms with Crippen molar-refractivity contribution in [3.8, 4) is 5.75 Å². The fourth-order valence-corrected chi connectivity index (χ4v) is 4.74. The lowest BCUT2D eigenvalue weighted by Gasteiger charge is -2.10. The lowest BCUT2D eigenvalue weighted by molar-refractivity contribution is -0.115. The normalized spacial score (nSPS) is 12.2. The molecule has 9 nitrogen and oxygen atoms in total. The second-order valence-corrected chi connectivity index (χ2v) is 10.2. The molecule has 0 radical (unpaired) electrons. The average molecular weight is 466 g/mol. The minimum atomic E-state index is -3.77. The Morgan fingerprint density at radius 2 is 1.90 bits per heavy atom. The number of sulfonamides is 1. The van der Waals surface area contributed by atoms with Gasteiger partial charge < -0.3 is 15.4 Å². The molecule has 0 unspecified atom stereocenters. The molecular weight excluding hydrogens is 446 g/mol. The van der Waals surface area contributed by atoms with Crippen LogP contribution in [0.2, 0.25) is 0 Å². The first-order chi connectivity index (χ1) is 14.2. The van der Waals surface area contributed by atoms with Crippen LogP contribution in [0.4, 0.5) is 16.5 Å². The first-order valence-electron chi connectivity index (χ1n) is 8.59. The van der Waals surface area contributed by atoms with Crippen molar-refractivity contribution in [3.63, 3.8) is 0 Å². The predicted molar refractivity (Wildman–Crippen MR) is 118 cm³/mol. The van der Waals surface area contributed by atoms with Crippen LogP contribution in [0.25, 0.3) is 0 Å². The summed E-state index contributed by atoms with van der Waals surface area (Å²) in [5.41, 5.74) is 1.29. The van der Waals surface area contributed by atoms with Gasteiger partial charge in [0.25, 0.3) is 0 Å². The Morgan fingerprint density at radius 1 is 1.17 bits per heavy atom. The van der Waals surface area contributed by atoms with Crippen molar-refractivity contribution >= 4 is 55.5 Å². The number of carbonyl (C=O) groups is 1. The van der Waals surface area contributed by atoms with Crippen LogP contribution in [-0.4, -0.2) is 36.9 Å². The van der Waals surface area contributed by atoms with Gasteiger partial charge in [-0.3, -0.25) is 4.79 Å². The zero-order chi connectivity index (χ0) is 21.7. The van der Waals surface area contributed by atoms with E-state index in [0.717, 1.165) is 11.4 Å². The minimum Gasteiger partial charge on any atom is -0.497 e. The molecule has 30 heavy (non-hydrogen) atoms. The number of hydrogen-bond acceptors (Lipinski definition) is 9. The van der Waals surface area contributed by atoms with Gasteiger partial charge >= 0.3 is 0 Å². The van der Waals surface area contributed by atoms with Gasteiger partial charge in [-0.05, 0) is 43.3 Å². The van der Waals surface area contributed by atoms with Gasteiger partial charge in [-0.2, -0.15) is 0 Å². The predicted octanol–water partition coefficient (Wildman–Crippen LogP) is 3.06. The summed E-state index contributed by atoms with van der Waals surface area (Å²) in [6, 6.07) is 13.1. The molecule has 0 saturated carbocycles. The Labute approximate surface area is 182 Å². The highest BCUT2D eigenvalue weighted by Gasteiger charge is 2.18. The van der Waals surface area contributed by atoms with Crippen molar-refractivity contribution in [2.24, 2.45) is 5.14 Å². The standard InChI is InChI=1S/C18H19N5O4S3/c1-11(16(24)20-12-6-8-15(9-7-12)30(19,25)26)28-18-23-22-17(29-18)21-13-4-3-5-14(10-13)27-2/h3-11H,1-2H3,(H,20,24)(H,21,22)(H2,19,25,26)/t11-/m0/s1. The molecule has 0 aliphatic rings. The van der Waals surface area contributed by atoms with Crippen LogP contribution < -0.4 is 20.5 Å². The van der Waals surface area contributed by atoms with E-state index in [2.05, 4.69) is 20.8 Å². The third-order valence-electron chi connectivity index (χ3n) is 3.82. The highest BCUT2D eigenvalue weighted by Crippen LogP contribution is 2.31. The maximum Gasteiger partial charge on any atom is 0.238 e. The number of amides is 1. The average Bonchev–Trinajstić information content (AvgIpc) is 3.14. The Morgan fingerprint density at radius 3 is 2.57 bits per heavy atom. The first kappa shape index (κ1) is 22.0. The van der Waals surface area contributed by atoms with Gasteiger partial charge in [-0.1, -0.05) is 29.2 Å². The summed E-state index contributed by atoms with van der Waals surface area (Å²) >= 11 is 2.60. The summed E-state index contributed by atoms with van der Waals surface area (Å²) in [4.78, 5) is 12.4. The summed E-state index contributed by atoms with van der Waals surface area (Å²) in [6.45, 7) is 1.75. The highest BCUT2D eigenvalue weighted by molar-refractivity contribution is 8.02. The van der Waals surface area contributed by atoms with Gasteiger partial charge in [0, 0.05) is 17.4 Å². The van der Waals surface area contributed by atoms with Gasteiger partial charge in [0.05, 0.1) is 17.3 Å². The van der Waals surface area contributed by atoms with E-state index < -0.39 is 15.3 Å². The summed E-state index contributed by atoms with van der Waals surface area (Å²) in [7, 11) is -2.18. The van der Waals surface area contributed by atoms with E-state index in [9.17, 15) is 13.2 Å². The number of aromatic nitrogens is 2. The molecule has 1 heterocycles. The quantitative estimate of drug-likeness (QED) is 0.432. The number of benzene rings is 2. The van der Waals surface area contributed by atoms with Gasteiger partial charge in [0.15, 0.2) is 4.34 Å². The molecule has 1 amide bonds. The molecule has 1 atom stereocenters. The maximum absolute atomic E-state index is 12.4. The lowest BCUT2D eigenvalue weighted by atomic mass is 10.3. The lowest BCUT2D eigenvalue weighted by Crippen LogP contribution is -2.22. The van der Waals surface area contributed by atoms with Gasteiger partial charge in [-0.15, -0.1) is 10.2 Å². The summed E-state index contributed by atoms with van der Waals surface area (Å²) in [6.07, 6.45) is 0. The molecule has 3 rings (SSSR count). The number of nitrogens with two attached hydrogens (primary N) is 1. The summed E-state index contributed by atoms with van der Waals surface area (Å²) in [5, 5.41) is 19.3. The van der Waals surface area contributed by atoms with Crippen molar-refractivity contribution in [2.75, 3.05) is 17.7 Å². The molecule has 4 N–H and O–H groups in total. The molecule has 0 fully saturated rings. The number of anilines is 3. The topological polar surface area (TPSA) is 136 Å². The van der Waals surface area contributed by atoms with Crippen molar-refractivity contribution in [3.05, 3.63) is 48.5 Å². The number of nitrogens with one attached hydrogen (secondary N) is 2.